The SMILES string of the molecule is Cc1cc(NC(=O)c2cc3ccccc3o2)n(-c2nc(-c3cc4ccccc4o3)cs2)n1. The van der Waals surface area contributed by atoms with Crippen LogP contribution in [0, 0.1) is 6.92 Å². The fourth-order valence-corrected chi connectivity index (χ4v) is 4.36. The van der Waals surface area contributed by atoms with Crippen molar-refractivity contribution in [2.45, 2.75) is 6.92 Å². The van der Waals surface area contributed by atoms with Crippen molar-refractivity contribution in [2.75, 3.05) is 5.32 Å². The molecule has 0 radical (unpaired) electrons. The Morgan fingerprint density at radius 2 is 1.69 bits per heavy atom. The van der Waals surface area contributed by atoms with Gasteiger partial charge in [0.05, 0.1) is 5.69 Å². The Morgan fingerprint density at radius 1 is 0.969 bits per heavy atom. The Bertz CT molecular complexity index is 1540. The largest absolute Gasteiger partial charge is 0.454 e. The third kappa shape index (κ3) is 3.17. The molecule has 0 aliphatic rings. The number of hydrogen-bond donors (Lipinski definition) is 1. The molecule has 0 saturated carbocycles. The van der Waals surface area contributed by atoms with E-state index in [1.807, 2.05) is 66.9 Å². The second-order valence-corrected chi connectivity index (χ2v) is 8.19. The van der Waals surface area contributed by atoms with Gasteiger partial charge in [-0.25, -0.2) is 4.98 Å². The molecule has 6 rings (SSSR count). The van der Waals surface area contributed by atoms with Crippen molar-refractivity contribution in [1.82, 2.24) is 14.8 Å². The number of carbonyl (C=O) groups excluding carboxylic acids is 1. The zero-order chi connectivity index (χ0) is 21.7. The molecule has 8 heteroatoms. The van der Waals surface area contributed by atoms with Crippen molar-refractivity contribution in [3.63, 3.8) is 0 Å². The summed E-state index contributed by atoms with van der Waals surface area (Å²) in [6.07, 6.45) is 0. The number of para-hydroxylation sites is 2. The van der Waals surface area contributed by atoms with E-state index >= 15 is 0 Å². The average Bonchev–Trinajstić information content (AvgIpc) is 3.57. The number of nitrogens with one attached hydrogen (secondary N) is 1. The van der Waals surface area contributed by atoms with E-state index in [2.05, 4.69) is 15.4 Å². The molecule has 0 spiro atoms. The summed E-state index contributed by atoms with van der Waals surface area (Å²) < 4.78 is 13.2. The maximum absolute atomic E-state index is 12.8. The van der Waals surface area contributed by atoms with Gasteiger partial charge in [-0.15, -0.1) is 11.3 Å². The fourth-order valence-electron chi connectivity index (χ4n) is 3.59. The zero-order valence-corrected chi connectivity index (χ0v) is 17.7. The maximum Gasteiger partial charge on any atom is 0.292 e. The van der Waals surface area contributed by atoms with Gasteiger partial charge in [0.25, 0.3) is 5.91 Å². The van der Waals surface area contributed by atoms with E-state index < -0.39 is 0 Å². The number of anilines is 1. The lowest BCUT2D eigenvalue weighted by atomic mass is 10.2. The van der Waals surface area contributed by atoms with Crippen molar-refractivity contribution >= 4 is 45.0 Å². The Balaban J connectivity index is 1.31. The first kappa shape index (κ1) is 18.6. The van der Waals surface area contributed by atoms with Crippen LogP contribution in [0.1, 0.15) is 16.2 Å². The zero-order valence-electron chi connectivity index (χ0n) is 16.9. The van der Waals surface area contributed by atoms with Crippen LogP contribution in [0.25, 0.3) is 38.5 Å². The van der Waals surface area contributed by atoms with Gasteiger partial charge in [0.15, 0.2) is 11.5 Å². The predicted molar refractivity (Wildman–Crippen MR) is 123 cm³/mol. The van der Waals surface area contributed by atoms with Gasteiger partial charge in [0, 0.05) is 22.2 Å². The second-order valence-electron chi connectivity index (χ2n) is 7.35. The van der Waals surface area contributed by atoms with Gasteiger partial charge < -0.3 is 14.2 Å². The van der Waals surface area contributed by atoms with Crippen LogP contribution in [0.3, 0.4) is 0 Å². The predicted octanol–water partition coefficient (Wildman–Crippen LogP) is 6.05. The third-order valence-corrected chi connectivity index (χ3v) is 5.89. The first-order valence-electron chi connectivity index (χ1n) is 9.95. The number of rotatable bonds is 4. The molecule has 156 valence electrons. The summed E-state index contributed by atoms with van der Waals surface area (Å²) in [5, 5.41) is 11.8. The summed E-state index contributed by atoms with van der Waals surface area (Å²) >= 11 is 1.42. The molecule has 0 fully saturated rings. The summed E-state index contributed by atoms with van der Waals surface area (Å²) in [4.78, 5) is 17.5. The van der Waals surface area contributed by atoms with Crippen LogP contribution in [0.2, 0.25) is 0 Å². The molecule has 2 aromatic carbocycles. The van der Waals surface area contributed by atoms with Gasteiger partial charge >= 0.3 is 0 Å². The number of thiazole rings is 1. The summed E-state index contributed by atoms with van der Waals surface area (Å²) in [6.45, 7) is 1.86. The molecule has 0 saturated heterocycles. The minimum atomic E-state index is -0.351. The molecule has 1 N–H and O–H groups in total. The standard InChI is InChI=1S/C24H16N4O3S/c1-14-10-22(26-23(29)21-12-16-7-3-5-9-19(16)31-21)28(27-14)24-25-17(13-32-24)20-11-15-6-2-4-8-18(15)30-20/h2-13H,1H3,(H,26,29). The Kier molecular flexibility index (Phi) is 4.19. The molecule has 0 aliphatic heterocycles. The van der Waals surface area contributed by atoms with Crippen molar-refractivity contribution in [3.8, 4) is 16.6 Å². The minimum absolute atomic E-state index is 0.235. The van der Waals surface area contributed by atoms with Crippen molar-refractivity contribution < 1.29 is 13.6 Å². The summed E-state index contributed by atoms with van der Waals surface area (Å²) in [5.74, 6) is 1.08. The number of amides is 1. The molecule has 1 amide bonds. The summed E-state index contributed by atoms with van der Waals surface area (Å²) in [7, 11) is 0. The highest BCUT2D eigenvalue weighted by atomic mass is 32.1. The monoisotopic (exact) mass is 440 g/mol. The van der Waals surface area contributed by atoms with Crippen LogP contribution >= 0.6 is 11.3 Å². The van der Waals surface area contributed by atoms with Crippen molar-refractivity contribution in [2.24, 2.45) is 0 Å². The van der Waals surface area contributed by atoms with Crippen molar-refractivity contribution in [1.29, 1.82) is 0 Å². The van der Waals surface area contributed by atoms with Crippen LogP contribution in [-0.4, -0.2) is 20.7 Å². The van der Waals surface area contributed by atoms with E-state index in [-0.39, 0.29) is 11.7 Å². The van der Waals surface area contributed by atoms with E-state index in [0.717, 1.165) is 22.0 Å². The number of aryl methyl sites for hydroxylation is 1. The number of nitrogens with zero attached hydrogens (tertiary/aromatic N) is 3. The van der Waals surface area contributed by atoms with Gasteiger partial charge in [-0.05, 0) is 31.2 Å². The highest BCUT2D eigenvalue weighted by Gasteiger charge is 2.18. The quantitative estimate of drug-likeness (QED) is 0.361. The molecule has 4 heterocycles. The molecule has 7 nitrogen and oxygen atoms in total. The first-order valence-corrected chi connectivity index (χ1v) is 10.8. The lowest BCUT2D eigenvalue weighted by Gasteiger charge is -2.04. The highest BCUT2D eigenvalue weighted by molar-refractivity contribution is 7.12. The maximum atomic E-state index is 12.8. The highest BCUT2D eigenvalue weighted by Crippen LogP contribution is 2.31. The molecular weight excluding hydrogens is 424 g/mol. The second kappa shape index (κ2) is 7.21. The van der Waals surface area contributed by atoms with Crippen LogP contribution in [0.4, 0.5) is 5.82 Å². The lowest BCUT2D eigenvalue weighted by molar-refractivity contribution is 0.0998. The third-order valence-electron chi connectivity index (χ3n) is 5.07. The molecule has 4 aromatic heterocycles. The molecule has 0 unspecified atom stereocenters. The Morgan fingerprint density at radius 3 is 2.44 bits per heavy atom. The normalized spacial score (nSPS) is 11.4. The number of benzene rings is 2. The molecule has 0 bridgehead atoms. The number of carbonyl (C=O) groups is 1. The Labute approximate surface area is 185 Å². The number of fused-ring (bicyclic) bond motifs is 2. The van der Waals surface area contributed by atoms with Crippen LogP contribution in [0.5, 0.6) is 0 Å². The number of hydrogen-bond acceptors (Lipinski definition) is 6. The van der Waals surface area contributed by atoms with E-state index in [4.69, 9.17) is 8.83 Å². The molecule has 32 heavy (non-hydrogen) atoms. The van der Waals surface area contributed by atoms with Crippen LogP contribution < -0.4 is 5.32 Å². The Hall–Kier alpha value is -4.17. The van der Waals surface area contributed by atoms with E-state index in [9.17, 15) is 4.79 Å². The van der Waals surface area contributed by atoms with Crippen LogP contribution in [0.15, 0.2) is 80.9 Å². The topological polar surface area (TPSA) is 86.1 Å². The number of furan rings is 2. The molecule has 6 aromatic rings. The fraction of sp³-hybridized carbons (Fsp3) is 0.0417. The van der Waals surface area contributed by atoms with Gasteiger partial charge in [-0.3, -0.25) is 4.79 Å². The molecule has 0 aliphatic carbocycles. The van der Waals surface area contributed by atoms with Gasteiger partial charge in [-0.1, -0.05) is 36.4 Å². The van der Waals surface area contributed by atoms with E-state index in [0.29, 0.717) is 28.0 Å². The average molecular weight is 440 g/mol. The number of aromatic nitrogens is 3. The smallest absolute Gasteiger partial charge is 0.292 e. The van der Waals surface area contributed by atoms with E-state index in [1.165, 1.54) is 11.3 Å². The first-order chi connectivity index (χ1) is 15.6. The molecular formula is C24H16N4O3S. The summed E-state index contributed by atoms with van der Waals surface area (Å²) in [6, 6.07) is 20.8. The van der Waals surface area contributed by atoms with Gasteiger partial charge in [0.2, 0.25) is 5.13 Å². The molecule has 0 atom stereocenters. The van der Waals surface area contributed by atoms with Gasteiger partial charge in [-0.2, -0.15) is 9.78 Å². The van der Waals surface area contributed by atoms with Crippen LogP contribution in [-0.2, 0) is 0 Å². The van der Waals surface area contributed by atoms with Crippen molar-refractivity contribution in [3.05, 3.63) is 83.6 Å². The lowest BCUT2D eigenvalue weighted by Crippen LogP contribution is -2.14. The summed E-state index contributed by atoms with van der Waals surface area (Å²) in [5.41, 5.74) is 2.94. The van der Waals surface area contributed by atoms with E-state index in [1.54, 1.807) is 16.8 Å². The minimum Gasteiger partial charge on any atom is -0.454 e. The van der Waals surface area contributed by atoms with Gasteiger partial charge in [0.1, 0.15) is 22.7 Å².